The molecule has 0 aromatic heterocycles. The molecule has 0 saturated heterocycles. The molecule has 6 nitrogen and oxygen atoms in total. The van der Waals surface area contributed by atoms with Gasteiger partial charge in [-0.1, -0.05) is 46.4 Å². The zero-order valence-electron chi connectivity index (χ0n) is 16.3. The van der Waals surface area contributed by atoms with E-state index in [-0.39, 0.29) is 59.6 Å². The zero-order chi connectivity index (χ0) is 24.2. The third-order valence-electron chi connectivity index (χ3n) is 5.02. The Morgan fingerprint density at radius 1 is 1.09 bits per heavy atom. The van der Waals surface area contributed by atoms with Crippen LogP contribution in [0.15, 0.2) is 38.5 Å². The highest BCUT2D eigenvalue weighted by atomic mass is 35.5. The van der Waals surface area contributed by atoms with E-state index in [9.17, 15) is 19.8 Å². The van der Waals surface area contributed by atoms with Crippen LogP contribution in [-0.4, -0.2) is 21.3 Å². The van der Waals surface area contributed by atoms with Crippen molar-refractivity contribution < 1.29 is 19.4 Å². The van der Waals surface area contributed by atoms with Crippen molar-refractivity contribution in [3.05, 3.63) is 65.7 Å². The number of carbonyl (C=O) groups is 1. The van der Waals surface area contributed by atoms with Crippen LogP contribution in [-0.2, 0) is 0 Å². The van der Waals surface area contributed by atoms with Gasteiger partial charge >= 0.3 is 5.97 Å². The maximum atomic E-state index is 12.5. The molecule has 0 saturated carbocycles. The number of aromatic hydroxyl groups is 1. The summed E-state index contributed by atoms with van der Waals surface area (Å²) < 4.78 is 5.83. The molecule has 2 aliphatic rings. The Kier molecular flexibility index (Phi) is 6.14. The number of aryl methyl sites for hydroxylation is 1. The molecule has 1 heterocycles. The molecule has 0 unspecified atom stereocenters. The van der Waals surface area contributed by atoms with Crippen molar-refractivity contribution in [3.8, 4) is 28.2 Å². The maximum absolute atomic E-state index is 12.5. The molecule has 0 amide bonds. The number of rotatable bonds is 3. The molecule has 166 valence electrons. The smallest absolute Gasteiger partial charge is 0.337 e. The van der Waals surface area contributed by atoms with Crippen LogP contribution < -0.4 is 5.43 Å². The number of aromatic carboxylic acids is 1. The summed E-state index contributed by atoms with van der Waals surface area (Å²) in [6.45, 7) is 1.56. The molecule has 0 bridgehead atoms. The van der Waals surface area contributed by atoms with Crippen LogP contribution in [0, 0.1) is 6.92 Å². The standard InChI is InChI=1S/C22H9Cl4NO5S/c1-7-4-10-13(9-5-11(23)18(27-6-33)16(25)14(9)22(30)31)8-2-3-12(28)15(24)20(8)32-21(10)17(26)19(7)29/h2-5,28H,1H3,(H,30,31). The van der Waals surface area contributed by atoms with Crippen molar-refractivity contribution in [2.24, 2.45) is 4.99 Å². The van der Waals surface area contributed by atoms with E-state index in [1.165, 1.54) is 24.3 Å². The number of hydrogen-bond donors (Lipinski definition) is 2. The van der Waals surface area contributed by atoms with E-state index in [4.69, 9.17) is 50.8 Å². The first-order valence-corrected chi connectivity index (χ1v) is 10.9. The number of thiocarbonyl (C=S) groups is 1. The average Bonchev–Trinajstić information content (AvgIpc) is 2.76. The number of benzene rings is 3. The Balaban J connectivity index is 2.34. The van der Waals surface area contributed by atoms with Gasteiger partial charge in [-0.05, 0) is 49.0 Å². The third kappa shape index (κ3) is 3.67. The molecule has 1 aliphatic heterocycles. The number of hydrogen-bond acceptors (Lipinski definition) is 6. The molecule has 33 heavy (non-hydrogen) atoms. The Labute approximate surface area is 210 Å². The van der Waals surface area contributed by atoms with Gasteiger partial charge < -0.3 is 14.6 Å². The van der Waals surface area contributed by atoms with Crippen LogP contribution in [0.3, 0.4) is 0 Å². The van der Waals surface area contributed by atoms with E-state index in [2.05, 4.69) is 22.4 Å². The number of fused-ring (bicyclic) bond motifs is 2. The first-order valence-electron chi connectivity index (χ1n) is 8.99. The molecule has 11 heteroatoms. The Morgan fingerprint density at radius 3 is 2.42 bits per heavy atom. The summed E-state index contributed by atoms with van der Waals surface area (Å²) in [5.41, 5.74) is 0.0815. The molecule has 0 fully saturated rings. The van der Waals surface area contributed by atoms with Gasteiger partial charge in [-0.15, -0.1) is 0 Å². The molecule has 0 spiro atoms. The van der Waals surface area contributed by atoms with Gasteiger partial charge in [0.1, 0.15) is 21.5 Å². The quantitative estimate of drug-likeness (QED) is 0.157. The van der Waals surface area contributed by atoms with Crippen LogP contribution in [0.1, 0.15) is 15.9 Å². The zero-order valence-corrected chi connectivity index (χ0v) is 20.1. The second-order valence-electron chi connectivity index (χ2n) is 6.92. The van der Waals surface area contributed by atoms with Crippen molar-refractivity contribution in [3.63, 3.8) is 0 Å². The highest BCUT2D eigenvalue weighted by molar-refractivity contribution is 7.78. The summed E-state index contributed by atoms with van der Waals surface area (Å²) in [6.07, 6.45) is 0. The number of aliphatic imine (C=N–C) groups is 1. The van der Waals surface area contributed by atoms with Gasteiger partial charge in [-0.25, -0.2) is 4.79 Å². The maximum Gasteiger partial charge on any atom is 0.337 e. The highest BCUT2D eigenvalue weighted by Crippen LogP contribution is 2.50. The van der Waals surface area contributed by atoms with Crippen molar-refractivity contribution in [1.29, 1.82) is 0 Å². The Morgan fingerprint density at radius 2 is 1.79 bits per heavy atom. The fraction of sp³-hybridized carbons (Fsp3) is 0.0455. The lowest BCUT2D eigenvalue weighted by atomic mass is 9.89. The lowest BCUT2D eigenvalue weighted by Crippen LogP contribution is -2.09. The second-order valence-corrected chi connectivity index (χ2v) is 8.64. The molecule has 1 aliphatic carbocycles. The van der Waals surface area contributed by atoms with Crippen molar-refractivity contribution in [1.82, 2.24) is 0 Å². The fourth-order valence-corrected chi connectivity index (χ4v) is 4.78. The Bertz CT molecular complexity index is 1590. The molecular formula is C22H9Cl4NO5S. The topological polar surface area (TPSA) is 100 Å². The Hall–Kier alpha value is -2.64. The van der Waals surface area contributed by atoms with Gasteiger partial charge in [-0.2, -0.15) is 4.99 Å². The van der Waals surface area contributed by atoms with E-state index in [0.717, 1.165) is 0 Å². The van der Waals surface area contributed by atoms with Crippen LogP contribution in [0.4, 0.5) is 5.69 Å². The molecule has 2 aromatic rings. The number of carboxylic acid groups (broad SMARTS) is 1. The largest absolute Gasteiger partial charge is 0.506 e. The van der Waals surface area contributed by atoms with Gasteiger partial charge in [0, 0.05) is 22.1 Å². The predicted molar refractivity (Wildman–Crippen MR) is 133 cm³/mol. The number of carboxylic acids is 1. The van der Waals surface area contributed by atoms with E-state index in [1.54, 1.807) is 6.92 Å². The van der Waals surface area contributed by atoms with Gasteiger partial charge in [0.2, 0.25) is 5.43 Å². The first kappa shape index (κ1) is 23.5. The number of phenols is 1. The monoisotopic (exact) mass is 539 g/mol. The van der Waals surface area contributed by atoms with Crippen LogP contribution >= 0.6 is 58.6 Å². The molecular weight excluding hydrogens is 532 g/mol. The van der Waals surface area contributed by atoms with Gasteiger partial charge in [0.25, 0.3) is 0 Å². The summed E-state index contributed by atoms with van der Waals surface area (Å²) in [5, 5.41) is 21.9. The van der Waals surface area contributed by atoms with Gasteiger partial charge in [0.15, 0.2) is 11.3 Å². The van der Waals surface area contributed by atoms with Gasteiger partial charge in [0.05, 0.1) is 20.8 Å². The minimum absolute atomic E-state index is 0.00702. The van der Waals surface area contributed by atoms with Gasteiger partial charge in [-0.3, -0.25) is 4.79 Å². The molecule has 2 N–H and O–H groups in total. The molecule has 2 aromatic carbocycles. The summed E-state index contributed by atoms with van der Waals surface area (Å²) in [4.78, 5) is 28.5. The fourth-order valence-electron chi connectivity index (χ4n) is 3.57. The lowest BCUT2D eigenvalue weighted by molar-refractivity contribution is 0.0698. The van der Waals surface area contributed by atoms with Crippen molar-refractivity contribution in [2.45, 2.75) is 6.92 Å². The van der Waals surface area contributed by atoms with Crippen molar-refractivity contribution >= 4 is 86.4 Å². The highest BCUT2D eigenvalue weighted by Gasteiger charge is 2.29. The molecule has 4 rings (SSSR count). The van der Waals surface area contributed by atoms with Crippen LogP contribution in [0.2, 0.25) is 20.1 Å². The van der Waals surface area contributed by atoms with E-state index in [0.29, 0.717) is 16.5 Å². The summed E-state index contributed by atoms with van der Waals surface area (Å²) in [7, 11) is 0. The summed E-state index contributed by atoms with van der Waals surface area (Å²) >= 11 is 29.9. The predicted octanol–water partition coefficient (Wildman–Crippen LogP) is 7.62. The number of phenolic OH excluding ortho intramolecular Hbond substituents is 1. The lowest BCUT2D eigenvalue weighted by Gasteiger charge is -2.20. The number of halogens is 4. The van der Waals surface area contributed by atoms with E-state index < -0.39 is 11.4 Å². The number of isothiocyanates is 1. The molecule has 0 atom stereocenters. The number of nitrogens with zero attached hydrogens (tertiary/aromatic N) is 1. The minimum atomic E-state index is -1.37. The SMILES string of the molecule is Cc1cc2c(-c3cc(Cl)c(N=C=S)c(Cl)c3C(=O)O)c3ccc(O)c(Cl)c3oc-2c(Cl)c1=O. The summed E-state index contributed by atoms with van der Waals surface area (Å²) in [6, 6.07) is 5.67. The van der Waals surface area contributed by atoms with Crippen LogP contribution in [0.5, 0.6) is 5.75 Å². The molecule has 0 radical (unpaired) electrons. The summed E-state index contributed by atoms with van der Waals surface area (Å²) in [5.74, 6) is -1.71. The normalized spacial score (nSPS) is 11.1. The third-order valence-corrected chi connectivity index (χ3v) is 6.47. The van der Waals surface area contributed by atoms with Crippen LogP contribution in [0.25, 0.3) is 33.4 Å². The average molecular weight is 541 g/mol. The second kappa shape index (κ2) is 8.61. The van der Waals surface area contributed by atoms with E-state index in [1.807, 2.05) is 0 Å². The van der Waals surface area contributed by atoms with Crippen molar-refractivity contribution in [2.75, 3.05) is 0 Å². The first-order chi connectivity index (χ1) is 15.6. The minimum Gasteiger partial charge on any atom is -0.506 e. The van der Waals surface area contributed by atoms with E-state index >= 15 is 0 Å².